The zero-order valence-electron chi connectivity index (χ0n) is 25.0. The van der Waals surface area contributed by atoms with Gasteiger partial charge in [-0.3, -0.25) is 19.4 Å². The van der Waals surface area contributed by atoms with Gasteiger partial charge in [-0.15, -0.1) is 0 Å². The van der Waals surface area contributed by atoms with Crippen molar-refractivity contribution in [3.63, 3.8) is 0 Å². The zero-order valence-corrected chi connectivity index (χ0v) is 25.8. The fourth-order valence-corrected chi connectivity index (χ4v) is 6.66. The minimum Gasteiger partial charge on any atom is -0.493 e. The number of pyridine rings is 1. The third kappa shape index (κ3) is 6.80. The van der Waals surface area contributed by atoms with Crippen molar-refractivity contribution < 1.29 is 17.9 Å². The molecule has 230 valence electrons. The number of hydrogen-bond donors (Lipinski definition) is 1. The Bertz CT molecular complexity index is 1700. The van der Waals surface area contributed by atoms with Crippen LogP contribution in [0.15, 0.2) is 52.3 Å². The fourth-order valence-electron chi connectivity index (χ4n) is 5.21. The van der Waals surface area contributed by atoms with Gasteiger partial charge in [0, 0.05) is 46.0 Å². The van der Waals surface area contributed by atoms with Gasteiger partial charge in [0.25, 0.3) is 5.56 Å². The Morgan fingerprint density at radius 3 is 2.51 bits per heavy atom. The molecule has 1 aromatic carbocycles. The van der Waals surface area contributed by atoms with Gasteiger partial charge in [-0.1, -0.05) is 26.3 Å². The molecule has 1 aliphatic rings. The molecule has 5 rings (SSSR count). The number of piperazine rings is 1. The van der Waals surface area contributed by atoms with E-state index < -0.39 is 15.6 Å². The van der Waals surface area contributed by atoms with Gasteiger partial charge in [0.15, 0.2) is 5.52 Å². The summed E-state index contributed by atoms with van der Waals surface area (Å²) in [5.74, 6) is 0.686. The molecule has 0 bridgehead atoms. The molecular weight excluding hydrogens is 570 g/mol. The molecule has 0 spiro atoms. The Morgan fingerprint density at radius 2 is 1.81 bits per heavy atom. The molecule has 0 unspecified atom stereocenters. The number of aromatic amines is 1. The third-order valence-corrected chi connectivity index (χ3v) is 9.37. The van der Waals surface area contributed by atoms with E-state index in [4.69, 9.17) is 14.5 Å². The van der Waals surface area contributed by atoms with Crippen molar-refractivity contribution in [3.8, 4) is 17.1 Å². The molecule has 0 saturated carbocycles. The second-order valence-electron chi connectivity index (χ2n) is 10.5. The predicted molar refractivity (Wildman–Crippen MR) is 164 cm³/mol. The van der Waals surface area contributed by atoms with Crippen molar-refractivity contribution in [2.75, 3.05) is 53.0 Å². The van der Waals surface area contributed by atoms with Crippen LogP contribution >= 0.6 is 0 Å². The highest BCUT2D eigenvalue weighted by Crippen LogP contribution is 2.32. The molecule has 13 heteroatoms. The number of aryl methyl sites for hydroxylation is 1. The van der Waals surface area contributed by atoms with Gasteiger partial charge in [0.1, 0.15) is 17.1 Å². The van der Waals surface area contributed by atoms with Crippen molar-refractivity contribution in [3.05, 3.63) is 64.3 Å². The molecule has 1 aliphatic heterocycles. The molecule has 4 heterocycles. The highest BCUT2D eigenvalue weighted by Gasteiger charge is 2.30. The molecular formula is C30H39N7O5S. The molecule has 0 amide bonds. The highest BCUT2D eigenvalue weighted by atomic mass is 32.2. The van der Waals surface area contributed by atoms with Gasteiger partial charge < -0.3 is 14.5 Å². The summed E-state index contributed by atoms with van der Waals surface area (Å²) in [5.41, 5.74) is 2.36. The number of nitrogens with zero attached hydrogens (tertiary/aromatic N) is 6. The van der Waals surface area contributed by atoms with E-state index in [0.29, 0.717) is 69.2 Å². The standard InChI is InChI=1S/C30H39N7O5S/c1-4-8-25-27-28(34-37(25)21-22-9-6-7-12-31-22)30(38)33-29(32-27)24-20-23(10-11-26(24)42-18-5-2)43(39,40)36-15-13-35(14-16-36)17-19-41-3/h6-7,9-12,20H,4-5,8,13-19,21H2,1-3H3,(H,32,33,38). The number of ether oxygens (including phenoxy) is 2. The molecule has 3 aromatic heterocycles. The van der Waals surface area contributed by atoms with E-state index in [1.165, 1.54) is 4.31 Å². The molecule has 0 atom stereocenters. The van der Waals surface area contributed by atoms with Crippen LogP contribution in [-0.4, -0.2) is 95.4 Å². The normalized spacial score (nSPS) is 14.9. The summed E-state index contributed by atoms with van der Waals surface area (Å²) in [4.78, 5) is 27.8. The first-order chi connectivity index (χ1) is 20.8. The first-order valence-corrected chi connectivity index (χ1v) is 16.2. The lowest BCUT2D eigenvalue weighted by Crippen LogP contribution is -2.49. The molecule has 43 heavy (non-hydrogen) atoms. The Morgan fingerprint density at radius 1 is 1.00 bits per heavy atom. The number of rotatable bonds is 13. The van der Waals surface area contributed by atoms with Crippen molar-refractivity contribution in [2.24, 2.45) is 0 Å². The van der Waals surface area contributed by atoms with Crippen LogP contribution in [0.3, 0.4) is 0 Å². The van der Waals surface area contributed by atoms with Gasteiger partial charge in [0.2, 0.25) is 10.0 Å². The van der Waals surface area contributed by atoms with Crippen molar-refractivity contribution in [1.82, 2.24) is 33.9 Å². The summed E-state index contributed by atoms with van der Waals surface area (Å²) in [6.07, 6.45) is 3.96. The van der Waals surface area contributed by atoms with Crippen LogP contribution in [-0.2, 0) is 27.7 Å². The van der Waals surface area contributed by atoms with Gasteiger partial charge in [0.05, 0.1) is 41.6 Å². The summed E-state index contributed by atoms with van der Waals surface area (Å²) in [5, 5.41) is 4.60. The fraction of sp³-hybridized carbons (Fsp3) is 0.467. The number of aromatic nitrogens is 5. The summed E-state index contributed by atoms with van der Waals surface area (Å²) < 4.78 is 41.9. The number of H-pyrrole nitrogens is 1. The van der Waals surface area contributed by atoms with Gasteiger partial charge >= 0.3 is 0 Å². The van der Waals surface area contributed by atoms with Crippen molar-refractivity contribution in [2.45, 2.75) is 44.6 Å². The Balaban J connectivity index is 1.54. The molecule has 12 nitrogen and oxygen atoms in total. The van der Waals surface area contributed by atoms with Crippen LogP contribution in [0.5, 0.6) is 5.75 Å². The number of hydrogen-bond acceptors (Lipinski definition) is 9. The lowest BCUT2D eigenvalue weighted by molar-refractivity contribution is 0.123. The summed E-state index contributed by atoms with van der Waals surface area (Å²) >= 11 is 0. The predicted octanol–water partition coefficient (Wildman–Crippen LogP) is 2.92. The monoisotopic (exact) mass is 609 g/mol. The number of methoxy groups -OCH3 is 1. The zero-order chi connectivity index (χ0) is 30.4. The maximum Gasteiger partial charge on any atom is 0.279 e. The Labute approximate surface area is 251 Å². The molecule has 0 radical (unpaired) electrons. The number of fused-ring (bicyclic) bond motifs is 1. The van der Waals surface area contributed by atoms with E-state index >= 15 is 0 Å². The highest BCUT2D eigenvalue weighted by molar-refractivity contribution is 7.89. The molecule has 0 aliphatic carbocycles. The molecule has 4 aromatic rings. The maximum absolute atomic E-state index is 13.7. The topological polar surface area (TPSA) is 136 Å². The smallest absolute Gasteiger partial charge is 0.279 e. The third-order valence-electron chi connectivity index (χ3n) is 7.47. The lowest BCUT2D eigenvalue weighted by Gasteiger charge is -2.33. The van der Waals surface area contributed by atoms with Crippen LogP contribution < -0.4 is 10.3 Å². The van der Waals surface area contributed by atoms with E-state index in [-0.39, 0.29) is 16.2 Å². The number of sulfonamides is 1. The van der Waals surface area contributed by atoms with E-state index in [0.717, 1.165) is 30.8 Å². The first-order valence-electron chi connectivity index (χ1n) is 14.7. The van der Waals surface area contributed by atoms with Crippen LogP contribution in [0.25, 0.3) is 22.4 Å². The number of nitrogens with one attached hydrogen (secondary N) is 1. The van der Waals surface area contributed by atoms with E-state index in [1.54, 1.807) is 36.2 Å². The minimum atomic E-state index is -3.80. The molecule has 1 N–H and O–H groups in total. The first kappa shape index (κ1) is 30.8. The largest absolute Gasteiger partial charge is 0.493 e. The summed E-state index contributed by atoms with van der Waals surface area (Å²) in [7, 11) is -2.14. The summed E-state index contributed by atoms with van der Waals surface area (Å²) in [6, 6.07) is 10.4. The number of benzene rings is 1. The van der Waals surface area contributed by atoms with Crippen LogP contribution in [0.2, 0.25) is 0 Å². The molecule has 1 saturated heterocycles. The van der Waals surface area contributed by atoms with Gasteiger partial charge in [-0.25, -0.2) is 13.4 Å². The van der Waals surface area contributed by atoms with Crippen molar-refractivity contribution in [1.29, 1.82) is 0 Å². The SMILES string of the molecule is CCCOc1ccc(S(=O)(=O)N2CCN(CCOC)CC2)cc1-c1nc2c(CCC)n(Cc3ccccn3)nc2c(=O)[nH]1. The average molecular weight is 610 g/mol. The van der Waals surface area contributed by atoms with E-state index in [1.807, 2.05) is 25.1 Å². The van der Waals surface area contributed by atoms with Gasteiger partial charge in [-0.2, -0.15) is 9.40 Å². The second kappa shape index (κ2) is 13.8. The van der Waals surface area contributed by atoms with Gasteiger partial charge in [-0.05, 0) is 43.2 Å². The second-order valence-corrected chi connectivity index (χ2v) is 12.5. The van der Waals surface area contributed by atoms with E-state index in [2.05, 4.69) is 26.9 Å². The van der Waals surface area contributed by atoms with Crippen molar-refractivity contribution >= 4 is 21.1 Å². The Kier molecular flexibility index (Phi) is 9.86. The summed E-state index contributed by atoms with van der Waals surface area (Å²) in [6.45, 7) is 8.26. The minimum absolute atomic E-state index is 0.124. The van der Waals surface area contributed by atoms with Crippen LogP contribution in [0, 0.1) is 0 Å². The van der Waals surface area contributed by atoms with E-state index in [9.17, 15) is 13.2 Å². The quantitative estimate of drug-likeness (QED) is 0.243. The average Bonchev–Trinajstić information content (AvgIpc) is 3.36. The van der Waals surface area contributed by atoms with Crippen LogP contribution in [0.4, 0.5) is 0 Å². The molecule has 1 fully saturated rings. The maximum atomic E-state index is 13.7. The van der Waals surface area contributed by atoms with Crippen LogP contribution in [0.1, 0.15) is 38.1 Å². The Hall–Kier alpha value is -3.65. The lowest BCUT2D eigenvalue weighted by atomic mass is 10.1.